The second-order valence-electron chi connectivity index (χ2n) is 4.51. The molecule has 1 aromatic heterocycles. The number of nitrogens with zero attached hydrogens (tertiary/aromatic N) is 2. The highest BCUT2D eigenvalue weighted by Gasteiger charge is 2.29. The summed E-state index contributed by atoms with van der Waals surface area (Å²) in [4.78, 5) is 5.41. The first kappa shape index (κ1) is 11.7. The molecule has 1 saturated carbocycles. The third-order valence-corrected chi connectivity index (χ3v) is 4.22. The number of thiazole rings is 1. The van der Waals surface area contributed by atoms with Crippen molar-refractivity contribution >= 4 is 22.9 Å². The highest BCUT2D eigenvalue weighted by atomic mass is 35.5. The van der Waals surface area contributed by atoms with Crippen molar-refractivity contribution in [1.82, 2.24) is 4.98 Å². The molecular weight excluding hydrogens is 264 g/mol. The van der Waals surface area contributed by atoms with Gasteiger partial charge in [-0.05, 0) is 30.5 Å². The molecule has 0 saturated heterocycles. The molecular formula is C14H11ClN2S. The number of halogens is 1. The van der Waals surface area contributed by atoms with Gasteiger partial charge in [0.2, 0.25) is 0 Å². The van der Waals surface area contributed by atoms with E-state index >= 15 is 0 Å². The molecule has 1 fully saturated rings. The minimum Gasteiger partial charge on any atom is -0.244 e. The lowest BCUT2D eigenvalue weighted by molar-refractivity contribution is 1.00. The zero-order valence-electron chi connectivity index (χ0n) is 9.69. The summed E-state index contributed by atoms with van der Waals surface area (Å²) in [6.45, 7) is 0. The van der Waals surface area contributed by atoms with E-state index in [-0.39, 0.29) is 0 Å². The lowest BCUT2D eigenvalue weighted by Gasteiger charge is -1.98. The van der Waals surface area contributed by atoms with Crippen LogP contribution in [-0.4, -0.2) is 4.98 Å². The second-order valence-corrected chi connectivity index (χ2v) is 6.03. The van der Waals surface area contributed by atoms with Crippen molar-refractivity contribution < 1.29 is 0 Å². The molecule has 3 rings (SSSR count). The van der Waals surface area contributed by atoms with Crippen LogP contribution < -0.4 is 0 Å². The molecule has 18 heavy (non-hydrogen) atoms. The Labute approximate surface area is 115 Å². The lowest BCUT2D eigenvalue weighted by atomic mass is 10.1. The predicted octanol–water partition coefficient (Wildman–Crippen LogP) is 4.14. The maximum atomic E-state index is 9.12. The zero-order valence-corrected chi connectivity index (χ0v) is 11.3. The molecule has 1 aliphatic carbocycles. The summed E-state index contributed by atoms with van der Waals surface area (Å²) in [6.07, 6.45) is 3.11. The van der Waals surface area contributed by atoms with E-state index in [9.17, 15) is 0 Å². The van der Waals surface area contributed by atoms with Crippen molar-refractivity contribution in [1.29, 1.82) is 5.26 Å². The number of nitriles is 1. The van der Waals surface area contributed by atoms with Gasteiger partial charge in [-0.3, -0.25) is 0 Å². The fourth-order valence-electron chi connectivity index (χ4n) is 1.99. The number of benzene rings is 1. The van der Waals surface area contributed by atoms with Crippen molar-refractivity contribution in [3.8, 4) is 6.07 Å². The van der Waals surface area contributed by atoms with Crippen LogP contribution in [-0.2, 0) is 6.42 Å². The van der Waals surface area contributed by atoms with Gasteiger partial charge < -0.3 is 0 Å². The Hall–Kier alpha value is -1.37. The van der Waals surface area contributed by atoms with Gasteiger partial charge in [-0.25, -0.2) is 4.98 Å². The van der Waals surface area contributed by atoms with E-state index in [0.29, 0.717) is 5.92 Å². The molecule has 0 atom stereocenters. The van der Waals surface area contributed by atoms with E-state index in [1.807, 2.05) is 24.3 Å². The Bertz CT molecular complexity index is 623. The van der Waals surface area contributed by atoms with Gasteiger partial charge in [0.15, 0.2) is 0 Å². The van der Waals surface area contributed by atoms with Crippen LogP contribution in [0.15, 0.2) is 24.3 Å². The third kappa shape index (κ3) is 2.40. The molecule has 90 valence electrons. The maximum absolute atomic E-state index is 9.12. The van der Waals surface area contributed by atoms with Crippen molar-refractivity contribution in [2.75, 3.05) is 0 Å². The van der Waals surface area contributed by atoms with E-state index in [1.165, 1.54) is 24.2 Å². The van der Waals surface area contributed by atoms with Gasteiger partial charge in [0, 0.05) is 17.4 Å². The average Bonchev–Trinajstić information content (AvgIpc) is 3.11. The van der Waals surface area contributed by atoms with Crippen LogP contribution in [0.4, 0.5) is 0 Å². The van der Waals surface area contributed by atoms with E-state index in [4.69, 9.17) is 16.9 Å². The molecule has 2 nitrogen and oxygen atoms in total. The largest absolute Gasteiger partial charge is 0.244 e. The molecule has 0 amide bonds. The van der Waals surface area contributed by atoms with Crippen LogP contribution >= 0.6 is 22.9 Å². The Morgan fingerprint density at radius 2 is 2.28 bits per heavy atom. The maximum Gasteiger partial charge on any atom is 0.128 e. The van der Waals surface area contributed by atoms with Gasteiger partial charge in [0.25, 0.3) is 0 Å². The molecule has 1 aliphatic rings. The summed E-state index contributed by atoms with van der Waals surface area (Å²) in [7, 11) is 0. The number of hydrogen-bond acceptors (Lipinski definition) is 3. The third-order valence-electron chi connectivity index (χ3n) is 3.01. The SMILES string of the molecule is N#Cc1sc(Cc2cccc(Cl)c2)nc1C1CC1. The van der Waals surface area contributed by atoms with Gasteiger partial charge in [-0.1, -0.05) is 23.7 Å². The topological polar surface area (TPSA) is 36.7 Å². The first-order valence-corrected chi connectivity index (χ1v) is 7.10. The number of aromatic nitrogens is 1. The zero-order chi connectivity index (χ0) is 12.5. The molecule has 0 radical (unpaired) electrons. The number of rotatable bonds is 3. The van der Waals surface area contributed by atoms with E-state index in [0.717, 1.165) is 32.6 Å². The Balaban J connectivity index is 1.87. The van der Waals surface area contributed by atoms with Gasteiger partial charge >= 0.3 is 0 Å². The van der Waals surface area contributed by atoms with Gasteiger partial charge in [0.1, 0.15) is 10.9 Å². The van der Waals surface area contributed by atoms with E-state index < -0.39 is 0 Å². The van der Waals surface area contributed by atoms with Crippen molar-refractivity contribution in [3.63, 3.8) is 0 Å². The first-order chi connectivity index (χ1) is 8.76. The van der Waals surface area contributed by atoms with E-state index in [2.05, 4.69) is 11.1 Å². The Morgan fingerprint density at radius 3 is 2.94 bits per heavy atom. The summed E-state index contributed by atoms with van der Waals surface area (Å²) in [5, 5.41) is 10.9. The molecule has 1 aromatic carbocycles. The molecule has 0 N–H and O–H groups in total. The predicted molar refractivity (Wildman–Crippen MR) is 73.1 cm³/mol. The molecule has 0 unspecified atom stereocenters. The standard InChI is InChI=1S/C14H11ClN2S/c15-11-3-1-2-9(6-11)7-13-17-14(10-4-5-10)12(8-16)18-13/h1-3,6,10H,4-5,7H2. The van der Waals surface area contributed by atoms with Crippen molar-refractivity contribution in [2.45, 2.75) is 25.2 Å². The second kappa shape index (κ2) is 4.72. The molecule has 4 heteroatoms. The fraction of sp³-hybridized carbons (Fsp3) is 0.286. The lowest BCUT2D eigenvalue weighted by Crippen LogP contribution is -1.88. The van der Waals surface area contributed by atoms with Crippen LogP contribution in [0.2, 0.25) is 5.02 Å². The summed E-state index contributed by atoms with van der Waals surface area (Å²) >= 11 is 7.48. The summed E-state index contributed by atoms with van der Waals surface area (Å²) in [6, 6.07) is 10.1. The average molecular weight is 275 g/mol. The molecule has 2 aromatic rings. The van der Waals surface area contributed by atoms with Crippen LogP contribution in [0.3, 0.4) is 0 Å². The highest BCUT2D eigenvalue weighted by Crippen LogP contribution is 2.42. The normalized spacial score (nSPS) is 14.4. The van der Waals surface area contributed by atoms with Crippen LogP contribution in [0, 0.1) is 11.3 Å². The molecule has 0 bridgehead atoms. The molecule has 0 spiro atoms. The quantitative estimate of drug-likeness (QED) is 0.843. The van der Waals surface area contributed by atoms with Gasteiger partial charge in [0.05, 0.1) is 10.7 Å². The minimum atomic E-state index is 0.531. The first-order valence-electron chi connectivity index (χ1n) is 5.90. The Kier molecular flexibility index (Phi) is 3.07. The van der Waals surface area contributed by atoms with Gasteiger partial charge in [-0.15, -0.1) is 11.3 Å². The van der Waals surface area contributed by atoms with Crippen LogP contribution in [0.5, 0.6) is 0 Å². The smallest absolute Gasteiger partial charge is 0.128 e. The summed E-state index contributed by atoms with van der Waals surface area (Å²) < 4.78 is 0. The van der Waals surface area contributed by atoms with E-state index in [1.54, 1.807) is 0 Å². The molecule has 0 aliphatic heterocycles. The van der Waals surface area contributed by atoms with Crippen LogP contribution in [0.25, 0.3) is 0 Å². The van der Waals surface area contributed by atoms with Crippen LogP contribution in [0.1, 0.15) is 39.9 Å². The van der Waals surface area contributed by atoms with Gasteiger partial charge in [-0.2, -0.15) is 5.26 Å². The highest BCUT2D eigenvalue weighted by molar-refractivity contribution is 7.12. The summed E-state index contributed by atoms with van der Waals surface area (Å²) in [5.41, 5.74) is 2.16. The fourth-order valence-corrected chi connectivity index (χ4v) is 3.18. The van der Waals surface area contributed by atoms with Crippen molar-refractivity contribution in [2.24, 2.45) is 0 Å². The number of hydrogen-bond donors (Lipinski definition) is 0. The van der Waals surface area contributed by atoms with Crippen molar-refractivity contribution in [3.05, 3.63) is 50.4 Å². The monoisotopic (exact) mass is 274 g/mol. The minimum absolute atomic E-state index is 0.531. The Morgan fingerprint density at radius 1 is 1.44 bits per heavy atom. The summed E-state index contributed by atoms with van der Waals surface area (Å²) in [5.74, 6) is 0.531. The molecule has 1 heterocycles.